The lowest BCUT2D eigenvalue weighted by atomic mass is 9.99. The van der Waals surface area contributed by atoms with Gasteiger partial charge in [-0.2, -0.15) is 0 Å². The maximum atomic E-state index is 12.8. The van der Waals surface area contributed by atoms with Crippen LogP contribution in [-0.2, 0) is 9.47 Å². The number of unbranched alkanes of at least 4 members (excludes halogenated alkanes) is 9. The van der Waals surface area contributed by atoms with E-state index in [1.54, 1.807) is 0 Å². The fraction of sp³-hybridized carbons (Fsp3) is 0.741. The van der Waals surface area contributed by atoms with Crippen LogP contribution in [0.2, 0.25) is 0 Å². The average Bonchev–Trinajstić information content (AvgIpc) is 2.86. The number of hydrogen-bond acceptors (Lipinski definition) is 9. The molecule has 0 saturated carbocycles. The first kappa shape index (κ1) is 30.3. The molecule has 0 amide bonds. The summed E-state index contributed by atoms with van der Waals surface area (Å²) < 4.78 is 16.5. The summed E-state index contributed by atoms with van der Waals surface area (Å²) >= 11 is 0. The predicted octanol–water partition coefficient (Wildman–Crippen LogP) is 3.43. The van der Waals surface area contributed by atoms with Crippen molar-refractivity contribution in [1.82, 2.24) is 0 Å². The monoisotopic (exact) mass is 512 g/mol. The van der Waals surface area contributed by atoms with Gasteiger partial charge in [0.25, 0.3) is 0 Å². The van der Waals surface area contributed by atoms with Crippen LogP contribution in [0.3, 0.4) is 0 Å². The van der Waals surface area contributed by atoms with Gasteiger partial charge in [-0.25, -0.2) is 4.79 Å². The summed E-state index contributed by atoms with van der Waals surface area (Å²) in [5, 5.41) is 49.4. The number of benzene rings is 1. The number of aromatic hydroxyl groups is 1. The maximum Gasteiger partial charge on any atom is 0.342 e. The molecule has 1 heterocycles. The molecule has 1 aliphatic heterocycles. The van der Waals surface area contributed by atoms with Crippen molar-refractivity contribution in [1.29, 1.82) is 0 Å². The second kappa shape index (κ2) is 16.0. The van der Waals surface area contributed by atoms with E-state index in [0.717, 1.165) is 19.3 Å². The third-order valence-corrected chi connectivity index (χ3v) is 6.55. The first-order chi connectivity index (χ1) is 17.3. The fourth-order valence-electron chi connectivity index (χ4n) is 4.29. The normalized spacial score (nSPS) is 24.9. The highest BCUT2D eigenvalue weighted by molar-refractivity contribution is 5.93. The van der Waals surface area contributed by atoms with Crippen LogP contribution in [0.1, 0.15) is 94.8 Å². The highest BCUT2D eigenvalue weighted by Crippen LogP contribution is 2.30. The van der Waals surface area contributed by atoms with E-state index in [1.807, 2.05) is 6.92 Å². The van der Waals surface area contributed by atoms with Gasteiger partial charge in [0.15, 0.2) is 0 Å². The van der Waals surface area contributed by atoms with E-state index in [4.69, 9.17) is 14.2 Å². The van der Waals surface area contributed by atoms with Gasteiger partial charge in [0.05, 0.1) is 12.7 Å². The van der Waals surface area contributed by atoms with Crippen molar-refractivity contribution >= 4 is 5.97 Å². The summed E-state index contributed by atoms with van der Waals surface area (Å²) in [5.74, 6) is -0.913. The Morgan fingerprint density at radius 3 is 2.17 bits per heavy atom. The molecule has 9 heteroatoms. The Morgan fingerprint density at radius 1 is 0.944 bits per heavy atom. The first-order valence-electron chi connectivity index (χ1n) is 13.3. The van der Waals surface area contributed by atoms with Crippen LogP contribution >= 0.6 is 0 Å². The molecule has 1 fully saturated rings. The number of phenolic OH excluding ortho intramolecular Hbond substituents is 1. The molecule has 1 unspecified atom stereocenters. The van der Waals surface area contributed by atoms with Crippen molar-refractivity contribution in [3.63, 3.8) is 0 Å². The highest BCUT2D eigenvalue weighted by atomic mass is 16.7. The molecule has 1 aromatic rings. The van der Waals surface area contributed by atoms with E-state index in [0.29, 0.717) is 6.42 Å². The Labute approximate surface area is 214 Å². The van der Waals surface area contributed by atoms with Crippen LogP contribution < -0.4 is 4.74 Å². The van der Waals surface area contributed by atoms with E-state index in [2.05, 4.69) is 6.92 Å². The number of carbonyl (C=O) groups is 1. The molecule has 0 radical (unpaired) electrons. The van der Waals surface area contributed by atoms with Gasteiger partial charge in [-0.1, -0.05) is 64.7 Å². The second-order valence-electron chi connectivity index (χ2n) is 9.68. The van der Waals surface area contributed by atoms with Gasteiger partial charge in [-0.15, -0.1) is 0 Å². The second-order valence-corrected chi connectivity index (χ2v) is 9.68. The summed E-state index contributed by atoms with van der Waals surface area (Å²) in [7, 11) is 0. The molecule has 36 heavy (non-hydrogen) atoms. The smallest absolute Gasteiger partial charge is 0.342 e. The summed E-state index contributed by atoms with van der Waals surface area (Å²) in [5.41, 5.74) is -0.0677. The van der Waals surface area contributed by atoms with Gasteiger partial charge in [0, 0.05) is 0 Å². The van der Waals surface area contributed by atoms with Crippen molar-refractivity contribution in [2.24, 2.45) is 0 Å². The fourth-order valence-corrected chi connectivity index (χ4v) is 4.29. The maximum absolute atomic E-state index is 12.8. The van der Waals surface area contributed by atoms with Gasteiger partial charge < -0.3 is 39.7 Å². The lowest BCUT2D eigenvalue weighted by molar-refractivity contribution is -0.277. The van der Waals surface area contributed by atoms with Crippen LogP contribution in [0, 0.1) is 0 Å². The molecule has 0 spiro atoms. The number of phenols is 1. The van der Waals surface area contributed by atoms with Crippen molar-refractivity contribution < 1.29 is 44.5 Å². The topological polar surface area (TPSA) is 146 Å². The molecule has 0 aliphatic carbocycles. The van der Waals surface area contributed by atoms with Gasteiger partial charge in [0.2, 0.25) is 6.29 Å². The average molecular weight is 513 g/mol. The third kappa shape index (κ3) is 9.52. The minimum absolute atomic E-state index is 0.0340. The van der Waals surface area contributed by atoms with Crippen molar-refractivity contribution in [2.75, 3.05) is 6.61 Å². The molecule has 9 nitrogen and oxygen atoms in total. The molecule has 0 bridgehead atoms. The zero-order valence-corrected chi connectivity index (χ0v) is 21.6. The lowest BCUT2D eigenvalue weighted by Crippen LogP contribution is -2.60. The molecular formula is C27H44O9. The third-order valence-electron chi connectivity index (χ3n) is 6.55. The Kier molecular flexibility index (Phi) is 13.5. The molecular weight excluding hydrogens is 468 g/mol. The Balaban J connectivity index is 1.83. The van der Waals surface area contributed by atoms with Gasteiger partial charge in [0.1, 0.15) is 41.5 Å². The van der Waals surface area contributed by atoms with Crippen LogP contribution in [-0.4, -0.2) is 74.9 Å². The number of hydrogen-bond donors (Lipinski definition) is 5. The van der Waals surface area contributed by atoms with Gasteiger partial charge >= 0.3 is 5.97 Å². The first-order valence-corrected chi connectivity index (χ1v) is 13.3. The minimum atomic E-state index is -1.63. The van der Waals surface area contributed by atoms with Crippen LogP contribution in [0.25, 0.3) is 0 Å². The van der Waals surface area contributed by atoms with Crippen molar-refractivity contribution in [3.8, 4) is 11.5 Å². The number of ether oxygens (including phenoxy) is 3. The minimum Gasteiger partial charge on any atom is -0.508 e. The lowest BCUT2D eigenvalue weighted by Gasteiger charge is -2.39. The Hall–Kier alpha value is -1.91. The van der Waals surface area contributed by atoms with E-state index < -0.39 is 43.3 Å². The Bertz CT molecular complexity index is 770. The van der Waals surface area contributed by atoms with Crippen LogP contribution in [0.15, 0.2) is 18.2 Å². The molecule has 5 N–H and O–H groups in total. The van der Waals surface area contributed by atoms with E-state index >= 15 is 0 Å². The van der Waals surface area contributed by atoms with Gasteiger partial charge in [-0.05, 0) is 38.0 Å². The van der Waals surface area contributed by atoms with E-state index in [1.165, 1.54) is 63.1 Å². The molecule has 2 rings (SSSR count). The standard InChI is InChI=1S/C27H44O9/c1-3-4-5-6-7-8-9-10-11-12-13-18(2)34-26(33)20-16-19(29)14-15-21(20)35-27-25(32)24(31)23(30)22(17-28)36-27/h14-16,18,22-25,27-32H,3-13,17H2,1-2H3/t18?,22-,23-,24+,25-,27-/m1/s1. The molecule has 206 valence electrons. The molecule has 1 aromatic carbocycles. The van der Waals surface area contributed by atoms with Crippen molar-refractivity contribution in [2.45, 2.75) is 121 Å². The molecule has 6 atom stereocenters. The van der Waals surface area contributed by atoms with Gasteiger partial charge in [-0.3, -0.25) is 0 Å². The number of esters is 1. The largest absolute Gasteiger partial charge is 0.508 e. The number of rotatable bonds is 16. The summed E-state index contributed by atoms with van der Waals surface area (Å²) in [4.78, 5) is 12.8. The van der Waals surface area contributed by atoms with Crippen LogP contribution in [0.5, 0.6) is 11.5 Å². The SMILES string of the molecule is CCCCCCCCCCCCC(C)OC(=O)c1cc(O)ccc1O[C@@H]1O[C@H](CO)[C@@H](O)[C@H](O)[C@H]1O. The number of carbonyl (C=O) groups excluding carboxylic acids is 1. The molecule has 0 aromatic heterocycles. The van der Waals surface area contributed by atoms with E-state index in [-0.39, 0.29) is 23.2 Å². The number of aliphatic hydroxyl groups excluding tert-OH is 4. The Morgan fingerprint density at radius 2 is 1.56 bits per heavy atom. The van der Waals surface area contributed by atoms with Crippen molar-refractivity contribution in [3.05, 3.63) is 23.8 Å². The van der Waals surface area contributed by atoms with E-state index in [9.17, 15) is 30.3 Å². The predicted molar refractivity (Wildman–Crippen MR) is 134 cm³/mol. The summed E-state index contributed by atoms with van der Waals surface area (Å²) in [6.45, 7) is 3.43. The highest BCUT2D eigenvalue weighted by Gasteiger charge is 2.45. The van der Waals surface area contributed by atoms with Crippen LogP contribution in [0.4, 0.5) is 0 Å². The molecule has 1 saturated heterocycles. The number of aliphatic hydroxyl groups is 4. The summed E-state index contributed by atoms with van der Waals surface area (Å²) in [6.07, 6.45) is 5.20. The zero-order valence-electron chi connectivity index (χ0n) is 21.6. The molecule has 1 aliphatic rings. The zero-order chi connectivity index (χ0) is 26.5. The quantitative estimate of drug-likeness (QED) is 0.166. The summed E-state index contributed by atoms with van der Waals surface area (Å²) in [6, 6.07) is 3.80.